The fourth-order valence-corrected chi connectivity index (χ4v) is 5.05. The van der Waals surface area contributed by atoms with Gasteiger partial charge in [-0.15, -0.1) is 5.10 Å². The van der Waals surface area contributed by atoms with Gasteiger partial charge in [-0.25, -0.2) is 17.4 Å². The highest BCUT2D eigenvalue weighted by Crippen LogP contribution is 2.44. The number of rotatable bonds is 4. The van der Waals surface area contributed by atoms with E-state index in [0.29, 0.717) is 12.1 Å². The number of hydrogen-bond donors (Lipinski definition) is 0. The van der Waals surface area contributed by atoms with E-state index in [1.165, 1.54) is 4.31 Å². The van der Waals surface area contributed by atoms with Crippen molar-refractivity contribution in [1.29, 1.82) is 0 Å². The maximum absolute atomic E-state index is 13.5. The molecule has 1 unspecified atom stereocenters. The fraction of sp³-hybridized carbons (Fsp3) is 0.263. The average Bonchev–Trinajstić information content (AvgIpc) is 3.12. The molecule has 26 heavy (non-hydrogen) atoms. The van der Waals surface area contributed by atoms with Crippen LogP contribution in [-0.2, 0) is 10.0 Å². The number of benzene rings is 2. The molecule has 1 aliphatic rings. The lowest BCUT2D eigenvalue weighted by Gasteiger charge is -2.37. The first-order valence-corrected chi connectivity index (χ1v) is 10.1. The molecule has 3 aromatic rings. The lowest BCUT2D eigenvalue weighted by Crippen LogP contribution is -2.41. The zero-order valence-corrected chi connectivity index (χ0v) is 15.5. The molecule has 2 heterocycles. The second-order valence-electron chi connectivity index (χ2n) is 6.46. The molecule has 0 N–H and O–H groups in total. The summed E-state index contributed by atoms with van der Waals surface area (Å²) >= 11 is 0. The van der Waals surface area contributed by atoms with Gasteiger partial charge in [-0.05, 0) is 31.5 Å². The molecule has 0 spiro atoms. The highest BCUT2D eigenvalue weighted by Gasteiger charge is 2.39. The SMILES string of the molecule is CCCC1N(S(=O)(=O)c2ccc(C)cc2)c2ccccc2-c2cnnn21. The largest absolute Gasteiger partial charge is 0.266 e. The molecule has 6 nitrogen and oxygen atoms in total. The number of anilines is 1. The van der Waals surface area contributed by atoms with Crippen molar-refractivity contribution in [2.24, 2.45) is 0 Å². The van der Waals surface area contributed by atoms with E-state index in [0.717, 1.165) is 23.2 Å². The van der Waals surface area contributed by atoms with Crippen LogP contribution in [0.2, 0.25) is 0 Å². The fourth-order valence-electron chi connectivity index (χ4n) is 3.41. The van der Waals surface area contributed by atoms with Crippen LogP contribution in [0.3, 0.4) is 0 Å². The van der Waals surface area contributed by atoms with Gasteiger partial charge in [-0.1, -0.05) is 54.5 Å². The van der Waals surface area contributed by atoms with Gasteiger partial charge in [0.15, 0.2) is 0 Å². The molecule has 0 saturated heterocycles. The average molecular weight is 368 g/mol. The molecule has 1 aromatic heterocycles. The molecule has 134 valence electrons. The van der Waals surface area contributed by atoms with E-state index in [1.54, 1.807) is 23.0 Å². The van der Waals surface area contributed by atoms with Gasteiger partial charge in [0.25, 0.3) is 10.0 Å². The molecule has 0 saturated carbocycles. The normalized spacial score (nSPS) is 16.2. The molecule has 0 fully saturated rings. The molecule has 0 aliphatic carbocycles. The summed E-state index contributed by atoms with van der Waals surface area (Å²) in [6.07, 6.45) is 2.73. The van der Waals surface area contributed by atoms with Gasteiger partial charge in [-0.2, -0.15) is 0 Å². The minimum Gasteiger partial charge on any atom is -0.242 e. The molecular weight excluding hydrogens is 348 g/mol. The first-order valence-electron chi connectivity index (χ1n) is 8.64. The second-order valence-corrected chi connectivity index (χ2v) is 8.28. The summed E-state index contributed by atoms with van der Waals surface area (Å²) in [5.74, 6) is 0. The number of aromatic nitrogens is 3. The Labute approximate surface area is 153 Å². The predicted molar refractivity (Wildman–Crippen MR) is 100 cm³/mol. The summed E-state index contributed by atoms with van der Waals surface area (Å²) in [4.78, 5) is 0.280. The van der Waals surface area contributed by atoms with Crippen molar-refractivity contribution in [2.45, 2.75) is 37.8 Å². The lowest BCUT2D eigenvalue weighted by molar-refractivity contribution is 0.418. The Morgan fingerprint density at radius 1 is 1.08 bits per heavy atom. The van der Waals surface area contributed by atoms with Gasteiger partial charge in [0, 0.05) is 5.56 Å². The Morgan fingerprint density at radius 2 is 1.81 bits per heavy atom. The topological polar surface area (TPSA) is 68.1 Å². The minimum atomic E-state index is -3.74. The quantitative estimate of drug-likeness (QED) is 0.703. The number of fused-ring (bicyclic) bond motifs is 3. The molecule has 0 amide bonds. The van der Waals surface area contributed by atoms with E-state index >= 15 is 0 Å². The van der Waals surface area contributed by atoms with Gasteiger partial charge in [0.1, 0.15) is 6.17 Å². The van der Waals surface area contributed by atoms with Gasteiger partial charge < -0.3 is 0 Å². The Hall–Kier alpha value is -2.67. The highest BCUT2D eigenvalue weighted by atomic mass is 32.2. The van der Waals surface area contributed by atoms with E-state index < -0.39 is 16.2 Å². The van der Waals surface area contributed by atoms with Crippen molar-refractivity contribution in [2.75, 3.05) is 4.31 Å². The third-order valence-corrected chi connectivity index (χ3v) is 6.50. The summed E-state index contributed by atoms with van der Waals surface area (Å²) in [6, 6.07) is 14.5. The minimum absolute atomic E-state index is 0.280. The van der Waals surface area contributed by atoms with Crippen LogP contribution in [0.15, 0.2) is 59.6 Å². The number of aryl methyl sites for hydroxylation is 1. The maximum atomic E-state index is 13.5. The molecule has 4 rings (SSSR count). The van der Waals surface area contributed by atoms with Gasteiger partial charge in [-0.3, -0.25) is 0 Å². The standard InChI is InChI=1S/C19H20N4O2S/c1-3-6-19-22-18(13-20-21-22)16-7-4-5-8-17(16)23(19)26(24,25)15-11-9-14(2)10-12-15/h4-5,7-13,19H,3,6H2,1-2H3. The van der Waals surface area contributed by atoms with E-state index in [1.807, 2.05) is 50.2 Å². The Bertz CT molecular complexity index is 1040. The van der Waals surface area contributed by atoms with Crippen molar-refractivity contribution >= 4 is 15.7 Å². The van der Waals surface area contributed by atoms with E-state index in [-0.39, 0.29) is 4.90 Å². The summed E-state index contributed by atoms with van der Waals surface area (Å²) in [5, 5.41) is 8.22. The van der Waals surface area contributed by atoms with E-state index in [4.69, 9.17) is 0 Å². The van der Waals surface area contributed by atoms with E-state index in [9.17, 15) is 8.42 Å². The van der Waals surface area contributed by atoms with Gasteiger partial charge in [0.2, 0.25) is 0 Å². The molecule has 1 aliphatic heterocycles. The van der Waals surface area contributed by atoms with Crippen LogP contribution in [0.4, 0.5) is 5.69 Å². The molecular formula is C19H20N4O2S. The summed E-state index contributed by atoms with van der Waals surface area (Å²) in [5.41, 5.74) is 3.35. The number of sulfonamides is 1. The van der Waals surface area contributed by atoms with Gasteiger partial charge in [0.05, 0.1) is 22.5 Å². The molecule has 2 aromatic carbocycles. The van der Waals surface area contributed by atoms with Crippen LogP contribution in [0.5, 0.6) is 0 Å². The first-order chi connectivity index (χ1) is 12.5. The van der Waals surface area contributed by atoms with Crippen molar-refractivity contribution in [1.82, 2.24) is 15.0 Å². The van der Waals surface area contributed by atoms with Crippen LogP contribution in [0.1, 0.15) is 31.5 Å². The number of hydrogen-bond acceptors (Lipinski definition) is 4. The van der Waals surface area contributed by atoms with Crippen LogP contribution in [0, 0.1) is 6.92 Å². The van der Waals surface area contributed by atoms with Crippen molar-refractivity contribution in [3.8, 4) is 11.3 Å². The number of para-hydroxylation sites is 1. The van der Waals surface area contributed by atoms with Crippen LogP contribution >= 0.6 is 0 Å². The smallest absolute Gasteiger partial charge is 0.242 e. The maximum Gasteiger partial charge on any atom is 0.266 e. The van der Waals surface area contributed by atoms with Gasteiger partial charge >= 0.3 is 0 Å². The summed E-state index contributed by atoms with van der Waals surface area (Å²) in [7, 11) is -3.74. The Kier molecular flexibility index (Phi) is 4.03. The van der Waals surface area contributed by atoms with Crippen LogP contribution in [0.25, 0.3) is 11.3 Å². The zero-order chi connectivity index (χ0) is 18.3. The molecule has 1 atom stereocenters. The van der Waals surface area contributed by atoms with Crippen LogP contribution in [-0.4, -0.2) is 23.4 Å². The first kappa shape index (κ1) is 16.8. The molecule has 0 bridgehead atoms. The molecule has 7 heteroatoms. The lowest BCUT2D eigenvalue weighted by atomic mass is 10.1. The predicted octanol–water partition coefficient (Wildman–Crippen LogP) is 3.76. The summed E-state index contributed by atoms with van der Waals surface area (Å²) < 4.78 is 30.3. The monoisotopic (exact) mass is 368 g/mol. The Morgan fingerprint density at radius 3 is 2.54 bits per heavy atom. The van der Waals surface area contributed by atoms with Crippen LogP contribution < -0.4 is 4.31 Å². The van der Waals surface area contributed by atoms with Crippen molar-refractivity contribution in [3.05, 3.63) is 60.3 Å². The second kappa shape index (κ2) is 6.25. The number of nitrogens with zero attached hydrogens (tertiary/aromatic N) is 4. The van der Waals surface area contributed by atoms with E-state index in [2.05, 4.69) is 10.3 Å². The third kappa shape index (κ3) is 2.50. The Balaban J connectivity index is 1.95. The van der Waals surface area contributed by atoms with Crippen molar-refractivity contribution < 1.29 is 8.42 Å². The molecule has 0 radical (unpaired) electrons. The highest BCUT2D eigenvalue weighted by molar-refractivity contribution is 7.92. The third-order valence-electron chi connectivity index (χ3n) is 4.67. The van der Waals surface area contributed by atoms with Crippen molar-refractivity contribution in [3.63, 3.8) is 0 Å². The summed E-state index contributed by atoms with van der Waals surface area (Å²) in [6.45, 7) is 3.97. The zero-order valence-electron chi connectivity index (χ0n) is 14.7.